The number of anilines is 1. The molecule has 0 aliphatic carbocycles. The van der Waals surface area contributed by atoms with Crippen molar-refractivity contribution in [3.05, 3.63) is 59.2 Å². The van der Waals surface area contributed by atoms with Crippen LogP contribution in [0.2, 0.25) is 0 Å². The quantitative estimate of drug-likeness (QED) is 0.942. The van der Waals surface area contributed by atoms with Gasteiger partial charge in [-0.1, -0.05) is 31.2 Å². The third-order valence-electron chi connectivity index (χ3n) is 3.25. The van der Waals surface area contributed by atoms with Crippen LogP contribution in [-0.4, -0.2) is 8.42 Å². The number of benzene rings is 2. The molecular formula is C16H16N2O2S. The Morgan fingerprint density at radius 1 is 1.19 bits per heavy atom. The van der Waals surface area contributed by atoms with Gasteiger partial charge < -0.3 is 0 Å². The second-order valence-corrected chi connectivity index (χ2v) is 6.37. The van der Waals surface area contributed by atoms with E-state index >= 15 is 0 Å². The highest BCUT2D eigenvalue weighted by molar-refractivity contribution is 7.92. The largest absolute Gasteiger partial charge is 0.279 e. The van der Waals surface area contributed by atoms with Gasteiger partial charge in [0.1, 0.15) is 11.0 Å². The fraction of sp³-hybridized carbons (Fsp3) is 0.188. The Hall–Kier alpha value is -2.32. The van der Waals surface area contributed by atoms with E-state index in [-0.39, 0.29) is 10.5 Å². The fourth-order valence-corrected chi connectivity index (χ4v) is 3.27. The summed E-state index contributed by atoms with van der Waals surface area (Å²) in [6, 6.07) is 13.7. The van der Waals surface area contributed by atoms with E-state index in [4.69, 9.17) is 5.26 Å². The van der Waals surface area contributed by atoms with Gasteiger partial charge in [-0.25, -0.2) is 8.42 Å². The lowest BCUT2D eigenvalue weighted by atomic mass is 10.1. The van der Waals surface area contributed by atoms with Gasteiger partial charge in [-0.05, 0) is 42.7 Å². The van der Waals surface area contributed by atoms with E-state index < -0.39 is 10.0 Å². The van der Waals surface area contributed by atoms with Crippen LogP contribution in [0, 0.1) is 18.3 Å². The van der Waals surface area contributed by atoms with Crippen LogP contribution in [0.15, 0.2) is 47.4 Å². The average molecular weight is 300 g/mol. The van der Waals surface area contributed by atoms with E-state index in [0.717, 1.165) is 17.5 Å². The number of nitrogens with one attached hydrogen (secondary N) is 1. The van der Waals surface area contributed by atoms with Crippen LogP contribution < -0.4 is 4.72 Å². The van der Waals surface area contributed by atoms with Crippen molar-refractivity contribution in [1.29, 1.82) is 5.26 Å². The Kier molecular flexibility index (Phi) is 4.29. The number of sulfonamides is 1. The van der Waals surface area contributed by atoms with Gasteiger partial charge in [0.05, 0.1) is 11.3 Å². The van der Waals surface area contributed by atoms with Gasteiger partial charge in [-0.15, -0.1) is 0 Å². The highest BCUT2D eigenvalue weighted by atomic mass is 32.2. The van der Waals surface area contributed by atoms with E-state index in [2.05, 4.69) is 4.72 Å². The summed E-state index contributed by atoms with van der Waals surface area (Å²) in [6.45, 7) is 3.85. The van der Waals surface area contributed by atoms with E-state index in [0.29, 0.717) is 5.69 Å². The zero-order chi connectivity index (χ0) is 15.5. The van der Waals surface area contributed by atoms with Gasteiger partial charge in [0.15, 0.2) is 0 Å². The Morgan fingerprint density at radius 3 is 2.57 bits per heavy atom. The third-order valence-corrected chi connectivity index (χ3v) is 4.68. The molecule has 0 aliphatic heterocycles. The van der Waals surface area contributed by atoms with Crippen molar-refractivity contribution in [3.8, 4) is 6.07 Å². The Labute approximate surface area is 125 Å². The van der Waals surface area contributed by atoms with Crippen molar-refractivity contribution < 1.29 is 8.42 Å². The minimum Gasteiger partial charge on any atom is -0.279 e. The minimum absolute atomic E-state index is 0.00574. The summed E-state index contributed by atoms with van der Waals surface area (Å²) in [5.74, 6) is 0. The molecule has 2 aromatic rings. The summed E-state index contributed by atoms with van der Waals surface area (Å²) in [5.41, 5.74) is 2.56. The number of hydrogen-bond donors (Lipinski definition) is 1. The van der Waals surface area contributed by atoms with Crippen LogP contribution in [0.5, 0.6) is 0 Å². The Bertz CT molecular complexity index is 805. The fourth-order valence-electron chi connectivity index (χ4n) is 1.99. The topological polar surface area (TPSA) is 70.0 Å². The molecule has 0 atom stereocenters. The van der Waals surface area contributed by atoms with E-state index in [9.17, 15) is 8.42 Å². The van der Waals surface area contributed by atoms with Crippen molar-refractivity contribution in [3.63, 3.8) is 0 Å². The van der Waals surface area contributed by atoms with Gasteiger partial charge >= 0.3 is 0 Å². The van der Waals surface area contributed by atoms with Crippen molar-refractivity contribution in [1.82, 2.24) is 0 Å². The lowest BCUT2D eigenvalue weighted by Gasteiger charge is -2.12. The van der Waals surface area contributed by atoms with Crippen molar-refractivity contribution in [2.24, 2.45) is 0 Å². The van der Waals surface area contributed by atoms with Crippen LogP contribution in [0.25, 0.3) is 0 Å². The van der Waals surface area contributed by atoms with Gasteiger partial charge in [0.2, 0.25) is 0 Å². The Morgan fingerprint density at radius 2 is 1.90 bits per heavy atom. The van der Waals surface area contributed by atoms with Crippen molar-refractivity contribution in [2.75, 3.05) is 4.72 Å². The molecule has 21 heavy (non-hydrogen) atoms. The first-order valence-electron chi connectivity index (χ1n) is 6.59. The molecule has 1 N–H and O–H groups in total. The first-order valence-corrected chi connectivity index (χ1v) is 8.07. The molecule has 2 rings (SSSR count). The van der Waals surface area contributed by atoms with Crippen LogP contribution in [-0.2, 0) is 16.4 Å². The lowest BCUT2D eigenvalue weighted by molar-refractivity contribution is 0.601. The first kappa shape index (κ1) is 15.1. The third kappa shape index (κ3) is 3.23. The van der Waals surface area contributed by atoms with Crippen LogP contribution in [0.4, 0.5) is 5.69 Å². The zero-order valence-electron chi connectivity index (χ0n) is 11.9. The standard InChI is InChI=1S/C16H16N2O2S/c1-3-13-9-8-12(2)15(10-13)18-21(19,20)16-7-5-4-6-14(16)11-17/h4-10,18H,3H2,1-2H3. The number of hydrogen-bond acceptors (Lipinski definition) is 3. The van der Waals surface area contributed by atoms with Crippen molar-refractivity contribution in [2.45, 2.75) is 25.2 Å². The molecule has 0 heterocycles. The maximum Gasteiger partial charge on any atom is 0.263 e. The zero-order valence-corrected chi connectivity index (χ0v) is 12.7. The van der Waals surface area contributed by atoms with E-state index in [1.807, 2.05) is 38.1 Å². The molecule has 0 fully saturated rings. The summed E-state index contributed by atoms with van der Waals surface area (Å²) in [6.07, 6.45) is 0.823. The molecule has 0 amide bonds. The molecule has 0 saturated heterocycles. The van der Waals surface area contributed by atoms with Gasteiger partial charge in [0.25, 0.3) is 10.0 Å². The van der Waals surface area contributed by atoms with Crippen LogP contribution in [0.3, 0.4) is 0 Å². The number of rotatable bonds is 4. The molecule has 2 aromatic carbocycles. The summed E-state index contributed by atoms with van der Waals surface area (Å²) in [7, 11) is -3.78. The number of nitrogens with zero attached hydrogens (tertiary/aromatic N) is 1. The molecule has 0 aromatic heterocycles. The van der Waals surface area contributed by atoms with Crippen molar-refractivity contribution >= 4 is 15.7 Å². The molecule has 0 bridgehead atoms. The molecule has 108 valence electrons. The molecule has 0 aliphatic rings. The molecule has 0 radical (unpaired) electrons. The molecule has 0 saturated carbocycles. The molecule has 4 nitrogen and oxygen atoms in total. The lowest BCUT2D eigenvalue weighted by Crippen LogP contribution is -2.15. The SMILES string of the molecule is CCc1ccc(C)c(NS(=O)(=O)c2ccccc2C#N)c1. The summed E-state index contributed by atoms with van der Waals surface area (Å²) in [4.78, 5) is -0.00574. The van der Waals surface area contributed by atoms with E-state index in [1.54, 1.807) is 12.1 Å². The average Bonchev–Trinajstić information content (AvgIpc) is 2.49. The summed E-state index contributed by atoms with van der Waals surface area (Å²) < 4.78 is 27.5. The summed E-state index contributed by atoms with van der Waals surface area (Å²) in [5, 5.41) is 9.04. The maximum atomic E-state index is 12.5. The van der Waals surface area contributed by atoms with Crippen LogP contribution >= 0.6 is 0 Å². The van der Waals surface area contributed by atoms with Gasteiger partial charge in [-0.2, -0.15) is 5.26 Å². The predicted molar refractivity (Wildman–Crippen MR) is 82.5 cm³/mol. The maximum absolute atomic E-state index is 12.5. The highest BCUT2D eigenvalue weighted by Gasteiger charge is 2.19. The van der Waals surface area contributed by atoms with Gasteiger partial charge in [-0.3, -0.25) is 4.72 Å². The monoisotopic (exact) mass is 300 g/mol. The molecular weight excluding hydrogens is 284 g/mol. The smallest absolute Gasteiger partial charge is 0.263 e. The second kappa shape index (κ2) is 5.98. The normalized spacial score (nSPS) is 10.9. The van der Waals surface area contributed by atoms with Gasteiger partial charge in [0, 0.05) is 0 Å². The second-order valence-electron chi connectivity index (χ2n) is 4.72. The predicted octanol–water partition coefficient (Wildman–Crippen LogP) is 3.23. The Balaban J connectivity index is 2.45. The molecule has 5 heteroatoms. The van der Waals surface area contributed by atoms with Crippen LogP contribution in [0.1, 0.15) is 23.6 Å². The molecule has 0 spiro atoms. The first-order chi connectivity index (χ1) is 9.97. The molecule has 0 unspecified atom stereocenters. The minimum atomic E-state index is -3.78. The summed E-state index contributed by atoms with van der Waals surface area (Å²) >= 11 is 0. The highest BCUT2D eigenvalue weighted by Crippen LogP contribution is 2.23. The number of nitriles is 1. The number of aryl methyl sites for hydroxylation is 2. The van der Waals surface area contributed by atoms with E-state index in [1.165, 1.54) is 12.1 Å².